The van der Waals surface area contributed by atoms with Crippen LogP contribution >= 0.6 is 0 Å². The second kappa shape index (κ2) is 22.6. The second-order valence-corrected chi connectivity index (χ2v) is 28.9. The molecule has 2 spiro atoms. The summed E-state index contributed by atoms with van der Waals surface area (Å²) in [5, 5.41) is 0. The first-order valence-corrected chi connectivity index (χ1v) is 36.1. The Labute approximate surface area is 602 Å². The van der Waals surface area contributed by atoms with Crippen LogP contribution in [0.4, 0.5) is 34.1 Å². The van der Waals surface area contributed by atoms with Crippen LogP contribution in [0.3, 0.4) is 0 Å². The van der Waals surface area contributed by atoms with Gasteiger partial charge in [0, 0.05) is 39.3 Å². The van der Waals surface area contributed by atoms with E-state index in [1.54, 1.807) is 0 Å². The molecule has 16 aromatic rings. The van der Waals surface area contributed by atoms with Gasteiger partial charge in [-0.05, 0) is 205 Å². The lowest BCUT2D eigenvalue weighted by molar-refractivity contribution is 0.660. The first-order chi connectivity index (χ1) is 50.8. The number of benzene rings is 16. The van der Waals surface area contributed by atoms with Gasteiger partial charge in [-0.25, -0.2) is 0 Å². The predicted octanol–water partition coefficient (Wildman–Crippen LogP) is 26.3. The number of fused-ring (bicyclic) bond motifs is 23. The van der Waals surface area contributed by atoms with Crippen LogP contribution in [0.2, 0.25) is 0 Å². The van der Waals surface area contributed by atoms with Crippen molar-refractivity contribution in [2.75, 3.05) is 9.80 Å². The van der Waals surface area contributed by atoms with Crippen LogP contribution in [0.25, 0.3) is 100 Å². The molecule has 0 heterocycles. The molecule has 0 aliphatic heterocycles. The standard InChI is InChI=1S/C101H68N2/c1-99(2)87-33-13-6-24-77(87)84-63-62-76(64-94(84)99)103(96-41-21-32-86-83-30-12-19-39-93(83)101(98(86)96)90-36-16-9-27-80(90)81-28-10-17-37-91(81)101)75-60-54-72(55-61-75)69-48-44-67(45-49-69)66-42-46-68(47-43-66)71-52-58-74(59-53-71)102(73-56-50-70(51-57-73)65-22-4-3-5-23-65)95-40-20-31-85-82-29-11-18-38-92(82)100(97(85)95)88-34-14-7-25-78(88)79-26-8-15-35-89(79)100/h3-64H,1-2H3. The average molecular weight is 1310 g/mol. The Hall–Kier alpha value is -12.9. The Morgan fingerprint density at radius 2 is 0.408 bits per heavy atom. The average Bonchev–Trinajstić information content (AvgIpc) is 1.51. The Morgan fingerprint density at radius 3 is 0.748 bits per heavy atom. The van der Waals surface area contributed by atoms with Crippen LogP contribution in [-0.2, 0) is 16.2 Å². The van der Waals surface area contributed by atoms with Crippen LogP contribution in [0.5, 0.6) is 0 Å². The van der Waals surface area contributed by atoms with Gasteiger partial charge in [-0.3, -0.25) is 0 Å². The minimum atomic E-state index is -0.532. The summed E-state index contributed by atoms with van der Waals surface area (Å²) in [7, 11) is 0. The summed E-state index contributed by atoms with van der Waals surface area (Å²) in [5.41, 5.74) is 41.2. The summed E-state index contributed by atoms with van der Waals surface area (Å²) < 4.78 is 0. The van der Waals surface area contributed by atoms with Gasteiger partial charge in [-0.1, -0.05) is 329 Å². The van der Waals surface area contributed by atoms with Crippen molar-refractivity contribution in [2.24, 2.45) is 0 Å². The Morgan fingerprint density at radius 1 is 0.175 bits per heavy atom. The van der Waals surface area contributed by atoms with E-state index < -0.39 is 10.8 Å². The van der Waals surface area contributed by atoms with E-state index >= 15 is 0 Å². The highest BCUT2D eigenvalue weighted by Gasteiger charge is 2.55. The maximum atomic E-state index is 2.55. The SMILES string of the molecule is CC1(C)c2ccccc2-c2ccc(N(c3ccc(-c4ccc(-c5ccc(-c6ccc(N(c7ccc(-c8ccccc8)cc7)c7cccc8c7C7(c9ccccc9-c9ccccc97)c7ccccc7-8)cc6)cc5)cc4)cc3)c3cccc4c3C3(c5ccccc5-c5ccccc53)c3ccccc3-4)cc21. The van der Waals surface area contributed by atoms with Crippen molar-refractivity contribution in [1.29, 1.82) is 0 Å². The van der Waals surface area contributed by atoms with Crippen molar-refractivity contribution in [2.45, 2.75) is 30.1 Å². The normalized spacial score (nSPS) is 14.0. The van der Waals surface area contributed by atoms with Gasteiger partial charge in [-0.2, -0.15) is 0 Å². The lowest BCUT2D eigenvalue weighted by Crippen LogP contribution is -2.28. The maximum Gasteiger partial charge on any atom is 0.0746 e. The molecular formula is C101H68N2. The largest absolute Gasteiger partial charge is 0.310 e. The van der Waals surface area contributed by atoms with Crippen molar-refractivity contribution < 1.29 is 0 Å². The molecule has 103 heavy (non-hydrogen) atoms. The number of rotatable bonds is 10. The lowest BCUT2D eigenvalue weighted by atomic mass is 9.70. The highest BCUT2D eigenvalue weighted by Crippen LogP contribution is 2.68. The smallest absolute Gasteiger partial charge is 0.0746 e. The minimum Gasteiger partial charge on any atom is -0.310 e. The third kappa shape index (κ3) is 8.44. The Balaban J connectivity index is 0.616. The highest BCUT2D eigenvalue weighted by molar-refractivity contribution is 6.02. The molecule has 0 N–H and O–H groups in total. The molecule has 0 saturated heterocycles. The Kier molecular flexibility index (Phi) is 12.9. The topological polar surface area (TPSA) is 6.48 Å². The summed E-state index contributed by atoms with van der Waals surface area (Å²) in [6.45, 7) is 4.77. The second-order valence-electron chi connectivity index (χ2n) is 28.9. The monoisotopic (exact) mass is 1310 g/mol. The van der Waals surface area contributed by atoms with Gasteiger partial charge >= 0.3 is 0 Å². The third-order valence-corrected chi connectivity index (χ3v) is 23.5. The van der Waals surface area contributed by atoms with E-state index in [0.29, 0.717) is 0 Å². The number of anilines is 6. The van der Waals surface area contributed by atoms with Crippen molar-refractivity contribution in [3.8, 4) is 100 Å². The molecule has 21 rings (SSSR count). The quantitative estimate of drug-likeness (QED) is 0.135. The first-order valence-electron chi connectivity index (χ1n) is 36.1. The predicted molar refractivity (Wildman–Crippen MR) is 428 cm³/mol. The maximum absolute atomic E-state index is 2.55. The van der Waals surface area contributed by atoms with Gasteiger partial charge in [0.05, 0.1) is 22.2 Å². The highest BCUT2D eigenvalue weighted by atomic mass is 15.2. The molecule has 5 aliphatic rings. The van der Waals surface area contributed by atoms with E-state index in [-0.39, 0.29) is 5.41 Å². The van der Waals surface area contributed by atoms with Gasteiger partial charge in [-0.15, -0.1) is 0 Å². The van der Waals surface area contributed by atoms with Crippen molar-refractivity contribution in [3.05, 3.63) is 432 Å². The van der Waals surface area contributed by atoms with Crippen molar-refractivity contribution in [1.82, 2.24) is 0 Å². The van der Waals surface area contributed by atoms with E-state index in [4.69, 9.17) is 0 Å². The molecule has 0 aromatic heterocycles. The van der Waals surface area contributed by atoms with Crippen LogP contribution in [0.1, 0.15) is 69.5 Å². The summed E-state index contributed by atoms with van der Waals surface area (Å²) in [6, 6.07) is 141. The summed E-state index contributed by atoms with van der Waals surface area (Å²) in [5.74, 6) is 0. The molecule has 2 nitrogen and oxygen atoms in total. The molecule has 0 fully saturated rings. The zero-order chi connectivity index (χ0) is 68.1. The summed E-state index contributed by atoms with van der Waals surface area (Å²) >= 11 is 0. The molecule has 0 unspecified atom stereocenters. The molecule has 0 radical (unpaired) electrons. The van der Waals surface area contributed by atoms with E-state index in [1.165, 1.54) is 156 Å². The van der Waals surface area contributed by atoms with Gasteiger partial charge in [0.1, 0.15) is 0 Å². The van der Waals surface area contributed by atoms with E-state index in [9.17, 15) is 0 Å². The van der Waals surface area contributed by atoms with Crippen molar-refractivity contribution >= 4 is 34.1 Å². The van der Waals surface area contributed by atoms with Crippen LogP contribution in [0.15, 0.2) is 376 Å². The van der Waals surface area contributed by atoms with Crippen LogP contribution in [0, 0.1) is 0 Å². The fourth-order valence-electron chi connectivity index (χ4n) is 19.1. The van der Waals surface area contributed by atoms with Crippen molar-refractivity contribution in [3.63, 3.8) is 0 Å². The minimum absolute atomic E-state index is 0.179. The van der Waals surface area contributed by atoms with Gasteiger partial charge in [0.25, 0.3) is 0 Å². The third-order valence-electron chi connectivity index (χ3n) is 23.5. The van der Waals surface area contributed by atoms with E-state index in [0.717, 1.165) is 34.0 Å². The number of hydrogen-bond acceptors (Lipinski definition) is 2. The molecule has 482 valence electrons. The Bertz CT molecular complexity index is 5990. The lowest BCUT2D eigenvalue weighted by Gasteiger charge is -2.36. The summed E-state index contributed by atoms with van der Waals surface area (Å²) in [4.78, 5) is 5.05. The van der Waals surface area contributed by atoms with E-state index in [2.05, 4.69) is 400 Å². The molecule has 5 aliphatic carbocycles. The summed E-state index contributed by atoms with van der Waals surface area (Å²) in [6.07, 6.45) is 0. The molecular weight excluding hydrogens is 1240 g/mol. The number of nitrogens with zero attached hydrogens (tertiary/aromatic N) is 2. The molecule has 0 bridgehead atoms. The zero-order valence-corrected chi connectivity index (χ0v) is 57.2. The molecule has 2 heteroatoms. The van der Waals surface area contributed by atoms with Crippen LogP contribution in [-0.4, -0.2) is 0 Å². The van der Waals surface area contributed by atoms with Crippen LogP contribution < -0.4 is 9.80 Å². The molecule has 0 atom stereocenters. The molecule has 16 aromatic carbocycles. The fourth-order valence-corrected chi connectivity index (χ4v) is 19.1. The molecule has 0 amide bonds. The number of hydrogen-bond donors (Lipinski definition) is 0. The molecule has 0 saturated carbocycles. The first kappa shape index (κ1) is 59.0. The van der Waals surface area contributed by atoms with Gasteiger partial charge in [0.2, 0.25) is 0 Å². The van der Waals surface area contributed by atoms with Gasteiger partial charge < -0.3 is 9.80 Å². The van der Waals surface area contributed by atoms with E-state index in [1.807, 2.05) is 0 Å². The van der Waals surface area contributed by atoms with Gasteiger partial charge in [0.15, 0.2) is 0 Å². The fraction of sp³-hybridized carbons (Fsp3) is 0.0495. The zero-order valence-electron chi connectivity index (χ0n) is 57.2.